The summed E-state index contributed by atoms with van der Waals surface area (Å²) in [5, 5.41) is 4.24. The topological polar surface area (TPSA) is 108 Å². The van der Waals surface area contributed by atoms with Gasteiger partial charge in [0, 0.05) is 35.6 Å². The molecule has 2 aromatic heterocycles. The summed E-state index contributed by atoms with van der Waals surface area (Å²) in [4.78, 5) is 15.1. The van der Waals surface area contributed by atoms with Gasteiger partial charge in [-0.15, -0.1) is 12.4 Å². The third kappa shape index (κ3) is 11.2. The molecular weight excluding hydrogens is 522 g/mol. The van der Waals surface area contributed by atoms with Gasteiger partial charge in [0.25, 0.3) is 0 Å². The van der Waals surface area contributed by atoms with Gasteiger partial charge in [0.05, 0.1) is 14.2 Å². The minimum Gasteiger partial charge on any atom is -0.497 e. The summed E-state index contributed by atoms with van der Waals surface area (Å²) in [6.45, 7) is 0. The Hall–Kier alpha value is -3.04. The van der Waals surface area contributed by atoms with Crippen LogP contribution < -0.4 is 20.5 Å². The highest BCUT2D eigenvalue weighted by atomic mass is 35.5. The minimum absolute atomic E-state index is 0. The van der Waals surface area contributed by atoms with E-state index in [1.807, 2.05) is 42.5 Å². The number of methoxy groups -OCH3 is 2. The van der Waals surface area contributed by atoms with Crippen LogP contribution in [-0.2, 0) is 0 Å². The van der Waals surface area contributed by atoms with E-state index in [4.69, 9.17) is 50.0 Å². The maximum Gasteiger partial charge on any atom is 0.135 e. The first-order valence-electron chi connectivity index (χ1n) is 9.31. The van der Waals surface area contributed by atoms with Gasteiger partial charge in [0.1, 0.15) is 45.4 Å². The summed E-state index contributed by atoms with van der Waals surface area (Å²) < 4.78 is 10.0. The number of halogens is 4. The molecule has 0 atom stereocenters. The Morgan fingerprint density at radius 3 is 1.71 bits per heavy atom. The number of hydrogen-bond donors (Lipinski definition) is 2. The smallest absolute Gasteiger partial charge is 0.135 e. The summed E-state index contributed by atoms with van der Waals surface area (Å²) in [7, 11) is 3.25. The zero-order valence-electron chi connectivity index (χ0n) is 18.2. The summed E-state index contributed by atoms with van der Waals surface area (Å²) in [5.41, 5.74) is 7.07. The van der Waals surface area contributed by atoms with Gasteiger partial charge in [-0.2, -0.15) is 0 Å². The lowest BCUT2D eigenvalue weighted by atomic mass is 10.3. The molecule has 2 heterocycles. The van der Waals surface area contributed by atoms with Crippen LogP contribution in [0.4, 0.5) is 17.2 Å². The number of nitrogen functional groups attached to an aromatic ring is 1. The quantitative estimate of drug-likeness (QED) is 0.226. The van der Waals surface area contributed by atoms with Crippen LogP contribution in [0.3, 0.4) is 0 Å². The first kappa shape index (κ1) is 29.0. The number of nitrogens with zero attached hydrogens (tertiary/aromatic N) is 4. The van der Waals surface area contributed by atoms with E-state index in [0.29, 0.717) is 21.3 Å². The summed E-state index contributed by atoms with van der Waals surface area (Å²) >= 11 is 16.6. The second kappa shape index (κ2) is 15.7. The molecule has 0 fully saturated rings. The number of benzene rings is 2. The number of aromatic nitrogens is 4. The number of hydrogen-bond acceptors (Lipinski definition) is 8. The predicted molar refractivity (Wildman–Crippen MR) is 140 cm³/mol. The van der Waals surface area contributed by atoms with Crippen LogP contribution in [0.1, 0.15) is 0 Å². The van der Waals surface area contributed by atoms with Gasteiger partial charge >= 0.3 is 0 Å². The lowest BCUT2D eigenvalue weighted by Crippen LogP contribution is -1.94. The molecule has 12 heteroatoms. The van der Waals surface area contributed by atoms with Crippen molar-refractivity contribution in [3.05, 3.63) is 88.8 Å². The monoisotopic (exact) mass is 542 g/mol. The van der Waals surface area contributed by atoms with Crippen molar-refractivity contribution in [2.75, 3.05) is 25.3 Å². The Morgan fingerprint density at radius 2 is 1.24 bits per heavy atom. The predicted octanol–water partition coefficient (Wildman–Crippen LogP) is 6.36. The molecule has 2 aromatic carbocycles. The average Bonchev–Trinajstić information content (AvgIpc) is 2.80. The van der Waals surface area contributed by atoms with Gasteiger partial charge in [-0.25, -0.2) is 19.9 Å². The van der Waals surface area contributed by atoms with Crippen molar-refractivity contribution >= 4 is 64.4 Å². The molecule has 180 valence electrons. The summed E-state index contributed by atoms with van der Waals surface area (Å²) in [5.74, 6) is 2.23. The molecule has 0 radical (unpaired) electrons. The van der Waals surface area contributed by atoms with E-state index >= 15 is 0 Å². The van der Waals surface area contributed by atoms with Crippen LogP contribution in [0, 0.1) is 0 Å². The molecule has 0 amide bonds. The van der Waals surface area contributed by atoms with Crippen LogP contribution in [-0.4, -0.2) is 34.2 Å². The van der Waals surface area contributed by atoms with E-state index in [9.17, 15) is 0 Å². The standard InChI is InChI=1S/C11H10ClN3O.C7H9NO.C4H2Cl2N2.ClH/c1-16-9-4-2-3-8(5-9)15-11-6-10(12)13-7-14-11;1-9-7-4-2-3-6(8)5-7;5-3-1-4(6)8-2-7-3;/h2-7H,1H3,(H,13,14,15);2-5H,8H2,1H3;1-2H;1H. The fourth-order valence-corrected chi connectivity index (χ4v) is 2.70. The molecular formula is C22H22Cl4N6O2. The lowest BCUT2D eigenvalue weighted by Gasteiger charge is -2.06. The van der Waals surface area contributed by atoms with Gasteiger partial charge in [-0.3, -0.25) is 0 Å². The molecule has 34 heavy (non-hydrogen) atoms. The first-order chi connectivity index (χ1) is 15.9. The van der Waals surface area contributed by atoms with Crippen LogP contribution in [0.5, 0.6) is 11.5 Å². The molecule has 4 aromatic rings. The molecule has 0 aliphatic rings. The highest BCUT2D eigenvalue weighted by Gasteiger charge is 1.99. The maximum atomic E-state index is 5.75. The lowest BCUT2D eigenvalue weighted by molar-refractivity contribution is 0.415. The van der Waals surface area contributed by atoms with Gasteiger partial charge in [-0.05, 0) is 24.3 Å². The Morgan fingerprint density at radius 1 is 0.706 bits per heavy atom. The number of anilines is 3. The van der Waals surface area contributed by atoms with Gasteiger partial charge in [-0.1, -0.05) is 46.9 Å². The number of nitrogens with one attached hydrogen (secondary N) is 1. The second-order valence-electron chi connectivity index (χ2n) is 6.02. The van der Waals surface area contributed by atoms with E-state index in [2.05, 4.69) is 25.3 Å². The molecule has 4 rings (SSSR count). The maximum absolute atomic E-state index is 5.75. The molecule has 0 spiro atoms. The molecule has 0 unspecified atom stereocenters. The summed E-state index contributed by atoms with van der Waals surface area (Å²) in [6, 6.07) is 18.0. The molecule has 0 aliphatic heterocycles. The van der Waals surface area contributed by atoms with Crippen molar-refractivity contribution in [3.8, 4) is 11.5 Å². The molecule has 3 N–H and O–H groups in total. The van der Waals surface area contributed by atoms with Gasteiger partial charge in [0.2, 0.25) is 0 Å². The highest BCUT2D eigenvalue weighted by Crippen LogP contribution is 2.20. The van der Waals surface area contributed by atoms with E-state index in [-0.39, 0.29) is 12.4 Å². The van der Waals surface area contributed by atoms with Crippen LogP contribution in [0.25, 0.3) is 0 Å². The van der Waals surface area contributed by atoms with Crippen molar-refractivity contribution in [1.29, 1.82) is 0 Å². The number of nitrogens with two attached hydrogens (primary N) is 1. The van der Waals surface area contributed by atoms with Crippen LogP contribution in [0.15, 0.2) is 73.3 Å². The van der Waals surface area contributed by atoms with Crippen molar-refractivity contribution < 1.29 is 9.47 Å². The van der Waals surface area contributed by atoms with Crippen molar-refractivity contribution in [2.24, 2.45) is 0 Å². The van der Waals surface area contributed by atoms with Crippen molar-refractivity contribution in [3.63, 3.8) is 0 Å². The fraction of sp³-hybridized carbons (Fsp3) is 0.0909. The Balaban J connectivity index is 0.000000274. The van der Waals surface area contributed by atoms with Gasteiger partial charge in [0.15, 0.2) is 0 Å². The van der Waals surface area contributed by atoms with Crippen molar-refractivity contribution in [1.82, 2.24) is 19.9 Å². The van der Waals surface area contributed by atoms with E-state index < -0.39 is 0 Å². The molecule has 0 saturated carbocycles. The Kier molecular flexibility index (Phi) is 13.4. The highest BCUT2D eigenvalue weighted by molar-refractivity contribution is 6.33. The zero-order chi connectivity index (χ0) is 24.1. The van der Waals surface area contributed by atoms with Gasteiger partial charge < -0.3 is 20.5 Å². The number of ether oxygens (including phenoxy) is 2. The molecule has 0 aliphatic carbocycles. The first-order valence-corrected chi connectivity index (χ1v) is 10.4. The molecule has 0 saturated heterocycles. The van der Waals surface area contributed by atoms with E-state index in [1.165, 1.54) is 18.7 Å². The van der Waals surface area contributed by atoms with Crippen LogP contribution in [0.2, 0.25) is 15.5 Å². The zero-order valence-corrected chi connectivity index (χ0v) is 21.2. The normalized spacial score (nSPS) is 9.21. The summed E-state index contributed by atoms with van der Waals surface area (Å²) in [6.07, 6.45) is 2.72. The fourth-order valence-electron chi connectivity index (χ4n) is 2.20. The van der Waals surface area contributed by atoms with Crippen LogP contribution >= 0.6 is 47.2 Å². The average molecular weight is 544 g/mol. The third-order valence-corrected chi connectivity index (χ3v) is 4.29. The van der Waals surface area contributed by atoms with E-state index in [1.54, 1.807) is 26.4 Å². The number of rotatable bonds is 4. The molecule has 0 bridgehead atoms. The Bertz CT molecular complexity index is 1140. The van der Waals surface area contributed by atoms with Crippen molar-refractivity contribution in [2.45, 2.75) is 0 Å². The SMILES string of the molecule is COc1cccc(N)c1.COc1cccc(Nc2cc(Cl)ncn2)c1.Cl.Clc1cc(Cl)ncn1. The third-order valence-electron chi connectivity index (χ3n) is 3.67. The minimum atomic E-state index is 0. The largest absolute Gasteiger partial charge is 0.497 e. The molecule has 8 nitrogen and oxygen atoms in total. The second-order valence-corrected chi connectivity index (χ2v) is 7.18. The Labute approximate surface area is 218 Å². The van der Waals surface area contributed by atoms with E-state index in [0.717, 1.165) is 22.9 Å².